The molecule has 0 heterocycles. The fourth-order valence-electron chi connectivity index (χ4n) is 2.82. The van der Waals surface area contributed by atoms with E-state index in [0.717, 1.165) is 16.1 Å². The van der Waals surface area contributed by atoms with Gasteiger partial charge in [-0.25, -0.2) is 4.79 Å². The van der Waals surface area contributed by atoms with E-state index in [1.54, 1.807) is 36.4 Å². The molecule has 2 amide bonds. The van der Waals surface area contributed by atoms with E-state index in [2.05, 4.69) is 10.6 Å². The highest BCUT2D eigenvalue weighted by atomic mass is 32.2. The monoisotopic (exact) mass is 434 g/mol. The fourth-order valence-corrected chi connectivity index (χ4v) is 3.69. The van der Waals surface area contributed by atoms with Gasteiger partial charge in [-0.15, -0.1) is 11.8 Å². The largest absolute Gasteiger partial charge is 0.478 e. The van der Waals surface area contributed by atoms with Gasteiger partial charge >= 0.3 is 5.97 Å². The minimum atomic E-state index is -1.16. The van der Waals surface area contributed by atoms with Crippen molar-refractivity contribution in [2.24, 2.45) is 0 Å². The van der Waals surface area contributed by atoms with Gasteiger partial charge in [0.2, 0.25) is 5.91 Å². The van der Waals surface area contributed by atoms with Crippen LogP contribution in [0, 0.1) is 6.92 Å². The average molecular weight is 435 g/mol. The van der Waals surface area contributed by atoms with Crippen molar-refractivity contribution in [3.05, 3.63) is 89.5 Å². The van der Waals surface area contributed by atoms with Crippen molar-refractivity contribution in [2.75, 3.05) is 10.6 Å². The number of thioether (sulfide) groups is 1. The lowest BCUT2D eigenvalue weighted by molar-refractivity contribution is -0.115. The highest BCUT2D eigenvalue weighted by Crippen LogP contribution is 2.26. The third-order valence-electron chi connectivity index (χ3n) is 4.52. The number of benzene rings is 3. The molecule has 7 heteroatoms. The van der Waals surface area contributed by atoms with Crippen molar-refractivity contribution >= 4 is 40.9 Å². The molecule has 3 aromatic carbocycles. The van der Waals surface area contributed by atoms with Crippen molar-refractivity contribution in [3.63, 3.8) is 0 Å². The first-order valence-electron chi connectivity index (χ1n) is 9.61. The molecule has 31 heavy (non-hydrogen) atoms. The number of hydrogen-bond acceptors (Lipinski definition) is 4. The van der Waals surface area contributed by atoms with Crippen LogP contribution in [-0.4, -0.2) is 28.1 Å². The highest BCUT2D eigenvalue weighted by Gasteiger charge is 2.17. The van der Waals surface area contributed by atoms with Gasteiger partial charge in [0.05, 0.1) is 16.4 Å². The van der Waals surface area contributed by atoms with Crippen LogP contribution in [0.3, 0.4) is 0 Å². The second kappa shape index (κ2) is 9.95. The van der Waals surface area contributed by atoms with Crippen LogP contribution in [0.25, 0.3) is 0 Å². The van der Waals surface area contributed by atoms with Crippen LogP contribution in [0.15, 0.2) is 77.7 Å². The van der Waals surface area contributed by atoms with Gasteiger partial charge < -0.3 is 15.7 Å². The molecule has 0 unspecified atom stereocenters. The number of amides is 2. The molecular formula is C24H22N2O4S. The predicted molar refractivity (Wildman–Crippen MR) is 123 cm³/mol. The maximum Gasteiger partial charge on any atom is 0.336 e. The molecule has 0 saturated carbocycles. The summed E-state index contributed by atoms with van der Waals surface area (Å²) in [6.45, 7) is 3.81. The maximum absolute atomic E-state index is 12.5. The number of anilines is 2. The quantitative estimate of drug-likeness (QED) is 0.452. The van der Waals surface area contributed by atoms with Gasteiger partial charge in [0.15, 0.2) is 0 Å². The lowest BCUT2D eigenvalue weighted by Crippen LogP contribution is -2.22. The Hall–Kier alpha value is -3.58. The number of aryl methyl sites for hydroxylation is 1. The molecule has 0 saturated heterocycles. The number of rotatable bonds is 7. The number of nitrogens with one attached hydrogen (secondary N) is 2. The zero-order chi connectivity index (χ0) is 22.4. The summed E-state index contributed by atoms with van der Waals surface area (Å²) in [5.41, 5.74) is 2.45. The molecule has 0 spiro atoms. The molecule has 0 aromatic heterocycles. The van der Waals surface area contributed by atoms with Crippen LogP contribution >= 0.6 is 11.8 Å². The van der Waals surface area contributed by atoms with Gasteiger partial charge in [0.25, 0.3) is 5.91 Å². The summed E-state index contributed by atoms with van der Waals surface area (Å²) < 4.78 is 0. The van der Waals surface area contributed by atoms with Crippen LogP contribution in [0.4, 0.5) is 11.4 Å². The van der Waals surface area contributed by atoms with Gasteiger partial charge in [-0.2, -0.15) is 0 Å². The minimum Gasteiger partial charge on any atom is -0.478 e. The molecule has 0 bridgehead atoms. The summed E-state index contributed by atoms with van der Waals surface area (Å²) in [6.07, 6.45) is 0. The SMILES string of the molecule is Cc1ccc(NC(=O)[C@H](C)Sc2ccc(NC(=O)c3ccccc3C(=O)O)cc2)cc1. The highest BCUT2D eigenvalue weighted by molar-refractivity contribution is 8.00. The zero-order valence-electron chi connectivity index (χ0n) is 17.1. The number of aromatic carboxylic acids is 1. The van der Waals surface area contributed by atoms with E-state index in [0.29, 0.717) is 5.69 Å². The van der Waals surface area contributed by atoms with Crippen LogP contribution in [0.1, 0.15) is 33.2 Å². The number of carboxylic acids is 1. The van der Waals surface area contributed by atoms with E-state index < -0.39 is 11.9 Å². The van der Waals surface area contributed by atoms with E-state index in [1.807, 2.05) is 38.1 Å². The van der Waals surface area contributed by atoms with Crippen LogP contribution in [-0.2, 0) is 4.79 Å². The van der Waals surface area contributed by atoms with Crippen LogP contribution < -0.4 is 10.6 Å². The topological polar surface area (TPSA) is 95.5 Å². The van der Waals surface area contributed by atoms with E-state index in [4.69, 9.17) is 0 Å². The first-order valence-corrected chi connectivity index (χ1v) is 10.5. The molecule has 0 fully saturated rings. The molecule has 3 aromatic rings. The van der Waals surface area contributed by atoms with Crippen molar-refractivity contribution in [2.45, 2.75) is 24.0 Å². The summed E-state index contributed by atoms with van der Waals surface area (Å²) in [4.78, 5) is 37.0. The van der Waals surface area contributed by atoms with E-state index in [-0.39, 0.29) is 22.3 Å². The molecule has 0 aliphatic heterocycles. The first kappa shape index (κ1) is 22.1. The van der Waals surface area contributed by atoms with Gasteiger partial charge in [-0.05, 0) is 62.4 Å². The minimum absolute atomic E-state index is 0.0550. The third-order valence-corrected chi connectivity index (χ3v) is 5.63. The van der Waals surface area contributed by atoms with Crippen LogP contribution in [0.2, 0.25) is 0 Å². The van der Waals surface area contributed by atoms with Gasteiger partial charge in [0, 0.05) is 16.3 Å². The Morgan fingerprint density at radius 2 is 1.35 bits per heavy atom. The van der Waals surface area contributed by atoms with E-state index >= 15 is 0 Å². The van der Waals surface area contributed by atoms with Gasteiger partial charge in [-0.3, -0.25) is 9.59 Å². The summed E-state index contributed by atoms with van der Waals surface area (Å²) in [5.74, 6) is -1.75. The lowest BCUT2D eigenvalue weighted by Gasteiger charge is -2.13. The van der Waals surface area contributed by atoms with Crippen molar-refractivity contribution in [3.8, 4) is 0 Å². The van der Waals surface area contributed by atoms with Crippen molar-refractivity contribution < 1.29 is 19.5 Å². The Morgan fingerprint density at radius 1 is 0.806 bits per heavy atom. The lowest BCUT2D eigenvalue weighted by atomic mass is 10.1. The van der Waals surface area contributed by atoms with Gasteiger partial charge in [-0.1, -0.05) is 29.8 Å². The molecule has 6 nitrogen and oxygen atoms in total. The molecule has 158 valence electrons. The third kappa shape index (κ3) is 5.96. The number of carboxylic acid groups (broad SMARTS) is 1. The second-order valence-electron chi connectivity index (χ2n) is 6.94. The zero-order valence-corrected chi connectivity index (χ0v) is 17.9. The number of hydrogen-bond donors (Lipinski definition) is 3. The molecule has 1 atom stereocenters. The van der Waals surface area contributed by atoms with E-state index in [9.17, 15) is 19.5 Å². The molecule has 0 aliphatic rings. The maximum atomic E-state index is 12.5. The first-order chi connectivity index (χ1) is 14.8. The Morgan fingerprint density at radius 3 is 1.97 bits per heavy atom. The Labute approximate surface area is 184 Å². The number of carbonyl (C=O) groups is 3. The Kier molecular flexibility index (Phi) is 7.10. The molecule has 3 N–H and O–H groups in total. The number of carbonyl (C=O) groups excluding carboxylic acids is 2. The molecule has 0 radical (unpaired) electrons. The molecule has 0 aliphatic carbocycles. The molecular weight excluding hydrogens is 412 g/mol. The summed E-state index contributed by atoms with van der Waals surface area (Å²) in [5, 5.41) is 14.5. The van der Waals surface area contributed by atoms with Crippen LogP contribution in [0.5, 0.6) is 0 Å². The fraction of sp³-hybridized carbons (Fsp3) is 0.125. The summed E-state index contributed by atoms with van der Waals surface area (Å²) >= 11 is 1.40. The summed E-state index contributed by atoms with van der Waals surface area (Å²) in [7, 11) is 0. The Bertz CT molecular complexity index is 1100. The smallest absolute Gasteiger partial charge is 0.336 e. The standard InChI is InChI=1S/C24H22N2O4S/c1-15-7-9-17(10-8-15)25-22(27)16(2)31-19-13-11-18(12-14-19)26-23(28)20-5-3-4-6-21(20)24(29)30/h3-14,16H,1-2H3,(H,25,27)(H,26,28)(H,29,30)/t16-/m0/s1. The molecule has 3 rings (SSSR count). The second-order valence-corrected chi connectivity index (χ2v) is 8.36. The Balaban J connectivity index is 1.60. The normalized spacial score (nSPS) is 11.4. The van der Waals surface area contributed by atoms with Crippen molar-refractivity contribution in [1.29, 1.82) is 0 Å². The van der Waals surface area contributed by atoms with E-state index in [1.165, 1.54) is 23.9 Å². The van der Waals surface area contributed by atoms with Gasteiger partial charge in [0.1, 0.15) is 0 Å². The average Bonchev–Trinajstić information content (AvgIpc) is 2.76. The van der Waals surface area contributed by atoms with Crippen molar-refractivity contribution in [1.82, 2.24) is 0 Å². The summed E-state index contributed by atoms with van der Waals surface area (Å²) in [6, 6.07) is 20.7. The predicted octanol–water partition coefficient (Wildman–Crippen LogP) is 5.06.